The van der Waals surface area contributed by atoms with Gasteiger partial charge in [-0.1, -0.05) is 31.2 Å². The second kappa shape index (κ2) is 8.10. The summed E-state index contributed by atoms with van der Waals surface area (Å²) in [6, 6.07) is 0. The molecule has 6 heteroatoms. The third kappa shape index (κ3) is 3.97. The van der Waals surface area contributed by atoms with E-state index >= 15 is 0 Å². The maximum atomic E-state index is 13.0. The van der Waals surface area contributed by atoms with Crippen molar-refractivity contribution in [2.24, 2.45) is 17.0 Å². The fraction of sp³-hybridized carbons (Fsp3) is 0.667. The van der Waals surface area contributed by atoms with Gasteiger partial charge in [-0.15, -0.1) is 0 Å². The third-order valence-electron chi connectivity index (χ3n) is 5.13. The van der Waals surface area contributed by atoms with Crippen LogP contribution in [0, 0.1) is 11.8 Å². The highest BCUT2D eigenvalue weighted by molar-refractivity contribution is 8.00. The summed E-state index contributed by atoms with van der Waals surface area (Å²) in [5.41, 5.74) is 0.360. The molecule has 0 aromatic rings. The predicted octanol–water partition coefficient (Wildman–Crippen LogP) is 2.97. The van der Waals surface area contributed by atoms with E-state index in [1.54, 1.807) is 17.8 Å². The average molecular weight is 351 g/mol. The molecule has 5 nitrogen and oxygen atoms in total. The molecule has 0 bridgehead atoms. The quantitative estimate of drug-likeness (QED) is 0.221. The van der Waals surface area contributed by atoms with E-state index in [4.69, 9.17) is 4.84 Å². The summed E-state index contributed by atoms with van der Waals surface area (Å²) in [6.45, 7) is 5.79. The van der Waals surface area contributed by atoms with Gasteiger partial charge in [-0.05, 0) is 19.1 Å². The zero-order valence-electron chi connectivity index (χ0n) is 14.4. The maximum absolute atomic E-state index is 13.0. The molecule has 0 aromatic heterocycles. The second-order valence-corrected chi connectivity index (χ2v) is 7.85. The van der Waals surface area contributed by atoms with Gasteiger partial charge in [-0.25, -0.2) is 0 Å². The molecule has 0 heterocycles. The monoisotopic (exact) mass is 351 g/mol. The first kappa shape index (κ1) is 18.9. The molecule has 0 spiro atoms. The van der Waals surface area contributed by atoms with Crippen molar-refractivity contribution in [3.63, 3.8) is 0 Å². The van der Waals surface area contributed by atoms with Crippen LogP contribution in [-0.4, -0.2) is 40.7 Å². The molecule has 0 amide bonds. The molecule has 0 saturated heterocycles. The Balaban J connectivity index is 2.23. The summed E-state index contributed by atoms with van der Waals surface area (Å²) in [5.74, 6) is -1.20. The number of ketones is 3. The van der Waals surface area contributed by atoms with Crippen LogP contribution >= 0.6 is 11.8 Å². The van der Waals surface area contributed by atoms with E-state index in [0.717, 1.165) is 19.3 Å². The van der Waals surface area contributed by atoms with Gasteiger partial charge in [0, 0.05) is 29.4 Å². The maximum Gasteiger partial charge on any atom is 0.184 e. The Bertz CT molecular complexity index is 544. The Labute approximate surface area is 147 Å². The number of hydrogen-bond donors (Lipinski definition) is 0. The smallest absolute Gasteiger partial charge is 0.184 e. The van der Waals surface area contributed by atoms with Crippen LogP contribution in [0.3, 0.4) is 0 Å². The first-order valence-electron chi connectivity index (χ1n) is 8.37. The van der Waals surface area contributed by atoms with Crippen molar-refractivity contribution in [3.05, 3.63) is 12.7 Å². The Morgan fingerprint density at radius 1 is 1.42 bits per heavy atom. The first-order chi connectivity index (χ1) is 11.4. The Hall–Kier alpha value is -1.43. The number of carbonyl (C=O) groups excluding carboxylic acids is 3. The minimum Gasteiger partial charge on any atom is -0.391 e. The summed E-state index contributed by atoms with van der Waals surface area (Å²) in [7, 11) is 0. The van der Waals surface area contributed by atoms with Crippen LogP contribution in [0.2, 0.25) is 0 Å². The molecule has 0 aliphatic heterocycles. The van der Waals surface area contributed by atoms with Gasteiger partial charge < -0.3 is 4.84 Å². The van der Waals surface area contributed by atoms with E-state index < -0.39 is 5.92 Å². The molecule has 0 aromatic carbocycles. The largest absolute Gasteiger partial charge is 0.391 e. The number of oxime groups is 1. The summed E-state index contributed by atoms with van der Waals surface area (Å²) in [6.07, 6.45) is 7.03. The van der Waals surface area contributed by atoms with E-state index in [1.807, 2.05) is 6.92 Å². The minimum atomic E-state index is -0.591. The Morgan fingerprint density at radius 3 is 2.50 bits per heavy atom. The van der Waals surface area contributed by atoms with Gasteiger partial charge in [0.25, 0.3) is 0 Å². The summed E-state index contributed by atoms with van der Waals surface area (Å²) in [5, 5.41) is 4.09. The number of Topliss-reactive ketones (excluding diaryl/α,β-unsaturated/α-hetero) is 3. The van der Waals surface area contributed by atoms with Gasteiger partial charge in [0.05, 0.1) is 6.42 Å². The molecule has 24 heavy (non-hydrogen) atoms. The number of nitrogens with zero attached hydrogens (tertiary/aromatic N) is 1. The molecule has 0 radical (unpaired) electrons. The topological polar surface area (TPSA) is 72.8 Å². The van der Waals surface area contributed by atoms with Crippen LogP contribution in [0.1, 0.15) is 45.4 Å². The zero-order chi connectivity index (χ0) is 17.7. The van der Waals surface area contributed by atoms with E-state index in [2.05, 4.69) is 18.0 Å². The second-order valence-electron chi connectivity index (χ2n) is 6.63. The molecule has 2 aliphatic carbocycles. The lowest BCUT2D eigenvalue weighted by molar-refractivity contribution is -0.135. The van der Waals surface area contributed by atoms with Crippen LogP contribution in [0.5, 0.6) is 0 Å². The summed E-state index contributed by atoms with van der Waals surface area (Å²) >= 11 is 1.76. The van der Waals surface area contributed by atoms with E-state index in [9.17, 15) is 14.4 Å². The molecule has 2 fully saturated rings. The molecule has 1 unspecified atom stereocenters. The van der Waals surface area contributed by atoms with Gasteiger partial charge >= 0.3 is 0 Å². The highest BCUT2D eigenvalue weighted by Gasteiger charge is 2.46. The van der Waals surface area contributed by atoms with Gasteiger partial charge in [0.15, 0.2) is 5.78 Å². The van der Waals surface area contributed by atoms with Gasteiger partial charge in [0.2, 0.25) is 0 Å². The highest BCUT2D eigenvalue weighted by Crippen LogP contribution is 2.49. The van der Waals surface area contributed by atoms with Crippen LogP contribution < -0.4 is 0 Å². The molecule has 1 atom stereocenters. The normalized spacial score (nSPS) is 22.7. The predicted molar refractivity (Wildman–Crippen MR) is 95.2 cm³/mol. The van der Waals surface area contributed by atoms with Crippen molar-refractivity contribution in [3.8, 4) is 0 Å². The van der Waals surface area contributed by atoms with Gasteiger partial charge in [-0.3, -0.25) is 14.4 Å². The SMILES string of the molecule is C=CCO/N=C(\C(=O)C1CC(=O)CC(=O)C1)C(C)C1(SC)CCC1. The number of hydrogen-bond acceptors (Lipinski definition) is 6. The van der Waals surface area contributed by atoms with Crippen LogP contribution in [-0.2, 0) is 19.2 Å². The summed E-state index contributed by atoms with van der Waals surface area (Å²) in [4.78, 5) is 41.6. The fourth-order valence-electron chi connectivity index (χ4n) is 3.47. The van der Waals surface area contributed by atoms with Crippen molar-refractivity contribution in [1.82, 2.24) is 0 Å². The third-order valence-corrected chi connectivity index (χ3v) is 6.70. The Morgan fingerprint density at radius 2 is 2.04 bits per heavy atom. The number of carbonyl (C=O) groups is 3. The van der Waals surface area contributed by atoms with Crippen LogP contribution in [0.4, 0.5) is 0 Å². The molecular weight excluding hydrogens is 326 g/mol. The van der Waals surface area contributed by atoms with E-state index in [-0.39, 0.29) is 53.9 Å². The van der Waals surface area contributed by atoms with Crippen molar-refractivity contribution >= 4 is 34.8 Å². The lowest BCUT2D eigenvalue weighted by Crippen LogP contribution is -2.47. The van der Waals surface area contributed by atoms with Crippen molar-refractivity contribution < 1.29 is 19.2 Å². The summed E-state index contributed by atoms with van der Waals surface area (Å²) < 4.78 is -0.00524. The molecule has 2 saturated carbocycles. The fourth-order valence-corrected chi connectivity index (χ4v) is 4.63. The first-order valence-corrected chi connectivity index (χ1v) is 9.59. The van der Waals surface area contributed by atoms with Crippen molar-refractivity contribution in [1.29, 1.82) is 0 Å². The Kier molecular flexibility index (Phi) is 6.38. The van der Waals surface area contributed by atoms with Gasteiger partial charge in [0.1, 0.15) is 23.9 Å². The van der Waals surface area contributed by atoms with E-state index in [0.29, 0.717) is 5.71 Å². The standard InChI is InChI=1S/C18H25NO4S/c1-4-8-23-19-16(12(2)18(24-3)6-5-7-18)17(22)13-9-14(20)11-15(21)10-13/h4,12-13H,1,5-11H2,2-3H3/b19-16-. The molecule has 2 aliphatic rings. The number of thioether (sulfide) groups is 1. The minimum absolute atomic E-state index is 0.00524. The molecule has 2 rings (SSSR count). The molecule has 0 N–H and O–H groups in total. The lowest BCUT2D eigenvalue weighted by atomic mass is 9.71. The van der Waals surface area contributed by atoms with Crippen molar-refractivity contribution in [2.75, 3.05) is 12.9 Å². The molecular formula is C18H25NO4S. The average Bonchev–Trinajstić information content (AvgIpc) is 2.49. The van der Waals surface area contributed by atoms with Crippen molar-refractivity contribution in [2.45, 2.75) is 50.2 Å². The lowest BCUT2D eigenvalue weighted by Gasteiger charge is -2.45. The number of rotatable bonds is 8. The van der Waals surface area contributed by atoms with Gasteiger partial charge in [-0.2, -0.15) is 11.8 Å². The zero-order valence-corrected chi connectivity index (χ0v) is 15.2. The van der Waals surface area contributed by atoms with Crippen LogP contribution in [0.25, 0.3) is 0 Å². The highest BCUT2D eigenvalue weighted by atomic mass is 32.2. The van der Waals surface area contributed by atoms with Crippen LogP contribution in [0.15, 0.2) is 17.8 Å². The van der Waals surface area contributed by atoms with E-state index in [1.165, 1.54) is 0 Å². The molecule has 132 valence electrons.